The zero-order valence-corrected chi connectivity index (χ0v) is 15.5. The molecular formula is C16H23BrClN3O2. The maximum absolute atomic E-state index is 12.2. The maximum Gasteiger partial charge on any atom is 0.251 e. The zero-order valence-electron chi connectivity index (χ0n) is 13.1. The van der Waals surface area contributed by atoms with Crippen molar-refractivity contribution in [2.24, 2.45) is 11.7 Å². The molecule has 1 saturated heterocycles. The number of carbonyl (C=O) groups is 2. The van der Waals surface area contributed by atoms with Gasteiger partial charge in [0.1, 0.15) is 0 Å². The molecule has 7 heteroatoms. The number of piperidine rings is 1. The number of halogens is 2. The minimum Gasteiger partial charge on any atom is -0.343 e. The summed E-state index contributed by atoms with van der Waals surface area (Å²) in [6.07, 6.45) is 2.03. The van der Waals surface area contributed by atoms with Gasteiger partial charge in [-0.25, -0.2) is 0 Å². The van der Waals surface area contributed by atoms with Crippen LogP contribution >= 0.6 is 28.3 Å². The molecule has 23 heavy (non-hydrogen) atoms. The van der Waals surface area contributed by atoms with Gasteiger partial charge >= 0.3 is 0 Å². The Balaban J connectivity index is 0.00000264. The number of rotatable bonds is 4. The highest BCUT2D eigenvalue weighted by Gasteiger charge is 2.25. The van der Waals surface area contributed by atoms with Crippen molar-refractivity contribution in [3.05, 3.63) is 34.3 Å². The second kappa shape index (κ2) is 9.25. The van der Waals surface area contributed by atoms with Crippen LogP contribution in [0.4, 0.5) is 0 Å². The van der Waals surface area contributed by atoms with Gasteiger partial charge in [0.25, 0.3) is 5.91 Å². The largest absolute Gasteiger partial charge is 0.343 e. The molecule has 2 amide bonds. The van der Waals surface area contributed by atoms with E-state index in [1.165, 1.54) is 0 Å². The second-order valence-corrected chi connectivity index (χ2v) is 6.71. The average Bonchev–Trinajstić information content (AvgIpc) is 2.52. The van der Waals surface area contributed by atoms with Crippen LogP contribution in [0.3, 0.4) is 0 Å². The second-order valence-electron chi connectivity index (χ2n) is 5.79. The molecule has 0 radical (unpaired) electrons. The van der Waals surface area contributed by atoms with Crippen molar-refractivity contribution >= 4 is 40.2 Å². The number of carbonyl (C=O) groups excluding carboxylic acids is 2. The number of hydrogen-bond acceptors (Lipinski definition) is 3. The molecule has 0 aliphatic carbocycles. The van der Waals surface area contributed by atoms with E-state index in [-0.39, 0.29) is 36.8 Å². The van der Waals surface area contributed by atoms with Crippen molar-refractivity contribution in [2.75, 3.05) is 19.6 Å². The fourth-order valence-corrected chi connectivity index (χ4v) is 3.06. The summed E-state index contributed by atoms with van der Waals surface area (Å²) in [6, 6.07) is 7.18. The highest BCUT2D eigenvalue weighted by atomic mass is 79.9. The van der Waals surface area contributed by atoms with Gasteiger partial charge in [-0.15, -0.1) is 12.4 Å². The molecule has 2 unspecified atom stereocenters. The molecule has 1 fully saturated rings. The van der Waals surface area contributed by atoms with Gasteiger partial charge in [0.15, 0.2) is 0 Å². The van der Waals surface area contributed by atoms with E-state index in [9.17, 15) is 9.59 Å². The van der Waals surface area contributed by atoms with E-state index >= 15 is 0 Å². The Morgan fingerprint density at radius 1 is 1.48 bits per heavy atom. The number of likely N-dealkylation sites (tertiary alicyclic amines) is 1. The van der Waals surface area contributed by atoms with Crippen LogP contribution in [0, 0.1) is 5.92 Å². The fraction of sp³-hybridized carbons (Fsp3) is 0.500. The van der Waals surface area contributed by atoms with Crippen LogP contribution in [0.25, 0.3) is 0 Å². The first-order chi connectivity index (χ1) is 10.5. The van der Waals surface area contributed by atoms with Crippen LogP contribution in [0.5, 0.6) is 0 Å². The summed E-state index contributed by atoms with van der Waals surface area (Å²) >= 11 is 3.33. The fourth-order valence-electron chi connectivity index (χ4n) is 2.67. The van der Waals surface area contributed by atoms with Crippen molar-refractivity contribution in [1.82, 2.24) is 10.2 Å². The molecule has 0 aromatic heterocycles. The van der Waals surface area contributed by atoms with Crippen LogP contribution < -0.4 is 11.1 Å². The third kappa shape index (κ3) is 5.79. The Morgan fingerprint density at radius 2 is 2.22 bits per heavy atom. The number of nitrogens with two attached hydrogens (primary N) is 1. The van der Waals surface area contributed by atoms with Crippen LogP contribution in [0.2, 0.25) is 0 Å². The molecule has 3 N–H and O–H groups in total. The third-order valence-corrected chi connectivity index (χ3v) is 4.53. The van der Waals surface area contributed by atoms with Crippen molar-refractivity contribution in [3.8, 4) is 0 Å². The van der Waals surface area contributed by atoms with Gasteiger partial charge in [-0.3, -0.25) is 9.59 Å². The van der Waals surface area contributed by atoms with Gasteiger partial charge < -0.3 is 16.0 Å². The molecular weight excluding hydrogens is 382 g/mol. The van der Waals surface area contributed by atoms with Crippen LogP contribution in [-0.4, -0.2) is 42.4 Å². The molecule has 2 rings (SSSR count). The molecule has 1 heterocycles. The van der Waals surface area contributed by atoms with E-state index in [2.05, 4.69) is 21.2 Å². The molecule has 1 aliphatic rings. The molecule has 5 nitrogen and oxygen atoms in total. The lowest BCUT2D eigenvalue weighted by molar-refractivity contribution is -0.132. The summed E-state index contributed by atoms with van der Waals surface area (Å²) in [4.78, 5) is 26.1. The van der Waals surface area contributed by atoms with Crippen molar-refractivity contribution in [2.45, 2.75) is 25.8 Å². The number of hydrogen-bond donors (Lipinski definition) is 2. The Labute approximate surface area is 151 Å². The predicted octanol–water partition coefficient (Wildman–Crippen LogP) is 2.19. The molecule has 0 bridgehead atoms. The molecule has 2 atom stereocenters. The lowest BCUT2D eigenvalue weighted by Gasteiger charge is -2.34. The van der Waals surface area contributed by atoms with Crippen molar-refractivity contribution in [1.29, 1.82) is 0 Å². The van der Waals surface area contributed by atoms with Crippen LogP contribution in [0.1, 0.15) is 30.1 Å². The molecule has 1 aromatic rings. The lowest BCUT2D eigenvalue weighted by atomic mass is 9.92. The first-order valence-electron chi connectivity index (χ1n) is 7.54. The number of nitrogens with zero attached hydrogens (tertiary/aromatic N) is 1. The average molecular weight is 405 g/mol. The summed E-state index contributed by atoms with van der Waals surface area (Å²) in [5.41, 5.74) is 6.47. The highest BCUT2D eigenvalue weighted by molar-refractivity contribution is 9.10. The van der Waals surface area contributed by atoms with E-state index in [0.29, 0.717) is 18.0 Å². The number of benzene rings is 1. The first-order valence-corrected chi connectivity index (χ1v) is 8.34. The predicted molar refractivity (Wildman–Crippen MR) is 96.7 cm³/mol. The number of nitrogens with one attached hydrogen (secondary N) is 1. The summed E-state index contributed by atoms with van der Waals surface area (Å²) in [6.45, 7) is 3.43. The molecule has 0 saturated carbocycles. The lowest BCUT2D eigenvalue weighted by Crippen LogP contribution is -2.48. The molecule has 0 spiro atoms. The van der Waals surface area contributed by atoms with E-state index < -0.39 is 0 Å². The SMILES string of the molecule is CC(N)C1CCCN(C(=O)CNC(=O)c2cccc(Br)c2)C1.Cl. The Kier molecular flexibility index (Phi) is 8.02. The van der Waals surface area contributed by atoms with Gasteiger partial charge in [-0.1, -0.05) is 22.0 Å². The normalized spacial score (nSPS) is 18.7. The smallest absolute Gasteiger partial charge is 0.251 e. The van der Waals surface area contributed by atoms with E-state index in [4.69, 9.17) is 5.73 Å². The Bertz CT molecular complexity index is 554. The Hall–Kier alpha value is -1.11. The van der Waals surface area contributed by atoms with Gasteiger partial charge in [0.05, 0.1) is 6.54 Å². The standard InChI is InChI=1S/C16H22BrN3O2.ClH/c1-11(18)13-5-3-7-20(10-13)15(21)9-19-16(22)12-4-2-6-14(17)8-12;/h2,4,6,8,11,13H,3,5,7,9-10,18H2,1H3,(H,19,22);1H. The van der Waals surface area contributed by atoms with E-state index in [0.717, 1.165) is 23.9 Å². The third-order valence-electron chi connectivity index (χ3n) is 4.04. The molecule has 1 aromatic carbocycles. The van der Waals surface area contributed by atoms with E-state index in [1.807, 2.05) is 13.0 Å². The monoisotopic (exact) mass is 403 g/mol. The summed E-state index contributed by atoms with van der Waals surface area (Å²) in [5, 5.41) is 2.69. The zero-order chi connectivity index (χ0) is 16.1. The highest BCUT2D eigenvalue weighted by Crippen LogP contribution is 2.18. The minimum atomic E-state index is -0.240. The quantitative estimate of drug-likeness (QED) is 0.807. The minimum absolute atomic E-state index is 0. The van der Waals surface area contributed by atoms with Crippen molar-refractivity contribution < 1.29 is 9.59 Å². The summed E-state index contributed by atoms with van der Waals surface area (Å²) < 4.78 is 0.835. The first kappa shape index (κ1) is 19.9. The molecule has 1 aliphatic heterocycles. The summed E-state index contributed by atoms with van der Waals surface area (Å²) in [5.74, 6) is 0.0579. The van der Waals surface area contributed by atoms with Gasteiger partial charge in [0, 0.05) is 29.2 Å². The van der Waals surface area contributed by atoms with Gasteiger partial charge in [-0.2, -0.15) is 0 Å². The van der Waals surface area contributed by atoms with Crippen LogP contribution in [-0.2, 0) is 4.79 Å². The number of amides is 2. The van der Waals surface area contributed by atoms with Gasteiger partial charge in [0.2, 0.25) is 5.91 Å². The molecule has 128 valence electrons. The summed E-state index contributed by atoms with van der Waals surface area (Å²) in [7, 11) is 0. The topological polar surface area (TPSA) is 75.4 Å². The van der Waals surface area contributed by atoms with Crippen molar-refractivity contribution in [3.63, 3.8) is 0 Å². The van der Waals surface area contributed by atoms with E-state index in [1.54, 1.807) is 23.1 Å². The van der Waals surface area contributed by atoms with Gasteiger partial charge in [-0.05, 0) is 43.9 Å². The van der Waals surface area contributed by atoms with Crippen LogP contribution in [0.15, 0.2) is 28.7 Å². The maximum atomic E-state index is 12.2. The Morgan fingerprint density at radius 3 is 2.87 bits per heavy atom.